The molecule has 2 heterocycles. The quantitative estimate of drug-likeness (QED) is 0.674. The lowest BCUT2D eigenvalue weighted by molar-refractivity contribution is -0.129. The first-order valence-electron chi connectivity index (χ1n) is 13.0. The van der Waals surface area contributed by atoms with E-state index in [4.69, 9.17) is 0 Å². The molecule has 2 N–H and O–H groups in total. The highest BCUT2D eigenvalue weighted by molar-refractivity contribution is 5.79. The second-order valence-corrected chi connectivity index (χ2v) is 13.1. The van der Waals surface area contributed by atoms with Crippen molar-refractivity contribution in [3.05, 3.63) is 0 Å². The van der Waals surface area contributed by atoms with Crippen molar-refractivity contribution >= 4 is 11.8 Å². The third kappa shape index (κ3) is 4.82. The lowest BCUT2D eigenvalue weighted by Crippen LogP contribution is -2.52. The highest BCUT2D eigenvalue weighted by Crippen LogP contribution is 2.61. The Hall–Kier alpha value is -1.10. The van der Waals surface area contributed by atoms with Crippen LogP contribution in [0.5, 0.6) is 0 Å². The normalized spacial score (nSPS) is 41.4. The molecule has 4 aliphatic carbocycles. The maximum absolute atomic E-state index is 12.9. The van der Waals surface area contributed by atoms with Gasteiger partial charge in [0, 0.05) is 30.6 Å². The number of carbonyl (C=O) groups is 2. The number of carbonyl (C=O) groups excluding carboxylic acids is 2. The van der Waals surface area contributed by atoms with Gasteiger partial charge in [0.05, 0.1) is 6.54 Å². The Labute approximate surface area is 188 Å². The van der Waals surface area contributed by atoms with Crippen molar-refractivity contribution in [2.24, 2.45) is 29.1 Å². The third-order valence-corrected chi connectivity index (χ3v) is 9.11. The van der Waals surface area contributed by atoms with Gasteiger partial charge in [0.25, 0.3) is 0 Å². The summed E-state index contributed by atoms with van der Waals surface area (Å²) in [5.74, 6) is 3.76. The summed E-state index contributed by atoms with van der Waals surface area (Å²) in [4.78, 5) is 27.8. The van der Waals surface area contributed by atoms with Crippen LogP contribution >= 0.6 is 0 Å². The second-order valence-electron chi connectivity index (χ2n) is 13.1. The number of hydrogen-bond donors (Lipinski definition) is 2. The molecule has 2 aliphatic heterocycles. The molecule has 6 aliphatic rings. The van der Waals surface area contributed by atoms with Gasteiger partial charge < -0.3 is 10.6 Å². The molecule has 5 nitrogen and oxygen atoms in total. The zero-order valence-corrected chi connectivity index (χ0v) is 19.9. The van der Waals surface area contributed by atoms with Gasteiger partial charge in [-0.3, -0.25) is 14.5 Å². The summed E-state index contributed by atoms with van der Waals surface area (Å²) in [6, 6.07) is 1.02. The van der Waals surface area contributed by atoms with E-state index in [1.165, 1.54) is 51.4 Å². The van der Waals surface area contributed by atoms with E-state index < -0.39 is 0 Å². The van der Waals surface area contributed by atoms with Gasteiger partial charge >= 0.3 is 0 Å². The SMILES string of the molecule is CC(C)(C)NC(=O)CN1[C@@H]2CC[C@H]1C[C@@H](CNC(=O)CC13CC4CC(CC(C4)C1)C3)C2. The lowest BCUT2D eigenvalue weighted by atomic mass is 9.49. The number of hydrogen-bond acceptors (Lipinski definition) is 3. The maximum atomic E-state index is 12.9. The molecule has 31 heavy (non-hydrogen) atoms. The first kappa shape index (κ1) is 21.7. The van der Waals surface area contributed by atoms with E-state index in [0.717, 1.165) is 43.6 Å². The third-order valence-electron chi connectivity index (χ3n) is 9.11. The molecule has 0 spiro atoms. The topological polar surface area (TPSA) is 61.4 Å². The smallest absolute Gasteiger partial charge is 0.234 e. The Morgan fingerprint density at radius 3 is 1.94 bits per heavy atom. The van der Waals surface area contributed by atoms with Crippen molar-refractivity contribution < 1.29 is 9.59 Å². The van der Waals surface area contributed by atoms with Gasteiger partial charge in [-0.25, -0.2) is 0 Å². The minimum atomic E-state index is -0.171. The van der Waals surface area contributed by atoms with Crippen molar-refractivity contribution in [1.29, 1.82) is 0 Å². The van der Waals surface area contributed by atoms with E-state index in [2.05, 4.69) is 15.5 Å². The number of fused-ring (bicyclic) bond motifs is 2. The number of piperidine rings is 1. The van der Waals surface area contributed by atoms with Crippen molar-refractivity contribution in [1.82, 2.24) is 15.5 Å². The minimum Gasteiger partial charge on any atom is -0.356 e. The summed E-state index contributed by atoms with van der Waals surface area (Å²) in [7, 11) is 0. The van der Waals surface area contributed by atoms with E-state index in [1.54, 1.807) is 0 Å². The van der Waals surface area contributed by atoms with Gasteiger partial charge in [0.2, 0.25) is 11.8 Å². The largest absolute Gasteiger partial charge is 0.356 e. The fraction of sp³-hybridized carbons (Fsp3) is 0.923. The Bertz CT molecular complexity index is 663. The van der Waals surface area contributed by atoms with Crippen LogP contribution in [-0.4, -0.2) is 47.4 Å². The number of nitrogens with one attached hydrogen (secondary N) is 2. The Morgan fingerprint density at radius 2 is 1.42 bits per heavy atom. The molecule has 6 fully saturated rings. The van der Waals surface area contributed by atoms with Crippen molar-refractivity contribution in [2.45, 2.75) is 109 Å². The summed E-state index contributed by atoms with van der Waals surface area (Å²) in [5.41, 5.74) is 0.164. The zero-order valence-electron chi connectivity index (χ0n) is 19.9. The van der Waals surface area contributed by atoms with Gasteiger partial charge in [-0.2, -0.15) is 0 Å². The monoisotopic (exact) mass is 429 g/mol. The van der Waals surface area contributed by atoms with Crippen LogP contribution in [0.2, 0.25) is 0 Å². The summed E-state index contributed by atoms with van der Waals surface area (Å²) in [5, 5.41) is 6.46. The van der Waals surface area contributed by atoms with Crippen molar-refractivity contribution in [2.75, 3.05) is 13.1 Å². The van der Waals surface area contributed by atoms with Crippen LogP contribution in [0.25, 0.3) is 0 Å². The van der Waals surface area contributed by atoms with Crippen LogP contribution < -0.4 is 10.6 Å². The molecule has 6 bridgehead atoms. The van der Waals surface area contributed by atoms with Gasteiger partial charge in [0.15, 0.2) is 0 Å². The van der Waals surface area contributed by atoms with Crippen LogP contribution in [-0.2, 0) is 9.59 Å². The molecule has 5 heteroatoms. The highest BCUT2D eigenvalue weighted by atomic mass is 16.2. The molecule has 4 saturated carbocycles. The van der Waals surface area contributed by atoms with Crippen molar-refractivity contribution in [3.8, 4) is 0 Å². The van der Waals surface area contributed by atoms with Gasteiger partial charge in [-0.1, -0.05) is 0 Å². The standard InChI is InChI=1S/C26H43N3O2/c1-25(2,3)28-24(31)16-29-21-4-5-22(29)10-20(9-21)15-27-23(30)14-26-11-17-6-18(12-26)8-19(7-17)13-26/h17-22H,4-16H2,1-3H3,(H,27,30)(H,28,31)/t17?,18?,19?,20-,21+,22-,26?. The fourth-order valence-electron chi connectivity index (χ4n) is 8.60. The van der Waals surface area contributed by atoms with Gasteiger partial charge in [-0.15, -0.1) is 0 Å². The summed E-state index contributed by atoms with van der Waals surface area (Å²) < 4.78 is 0. The number of amides is 2. The van der Waals surface area contributed by atoms with Crippen LogP contribution in [0, 0.1) is 29.1 Å². The van der Waals surface area contributed by atoms with Crippen LogP contribution in [0.15, 0.2) is 0 Å². The average molecular weight is 430 g/mol. The maximum Gasteiger partial charge on any atom is 0.234 e. The molecule has 0 aromatic rings. The minimum absolute atomic E-state index is 0.145. The summed E-state index contributed by atoms with van der Waals surface area (Å²) in [6.07, 6.45) is 13.7. The fourth-order valence-corrected chi connectivity index (χ4v) is 8.60. The molecule has 0 aromatic carbocycles. The Kier molecular flexibility index (Phi) is 5.64. The lowest BCUT2D eigenvalue weighted by Gasteiger charge is -2.56. The number of nitrogens with zero attached hydrogens (tertiary/aromatic N) is 1. The molecule has 0 aromatic heterocycles. The highest BCUT2D eigenvalue weighted by Gasteiger charge is 2.51. The second kappa shape index (κ2) is 8.04. The van der Waals surface area contributed by atoms with E-state index in [0.29, 0.717) is 35.9 Å². The van der Waals surface area contributed by atoms with E-state index in [-0.39, 0.29) is 11.4 Å². The van der Waals surface area contributed by atoms with Crippen LogP contribution in [0.3, 0.4) is 0 Å². The molecule has 0 unspecified atom stereocenters. The molecule has 0 radical (unpaired) electrons. The number of rotatable bonds is 6. The van der Waals surface area contributed by atoms with Gasteiger partial charge in [0.1, 0.15) is 0 Å². The summed E-state index contributed by atoms with van der Waals surface area (Å²) in [6.45, 7) is 7.48. The zero-order chi connectivity index (χ0) is 21.8. The van der Waals surface area contributed by atoms with Crippen LogP contribution in [0.4, 0.5) is 0 Å². The molecule has 6 rings (SSSR count). The van der Waals surface area contributed by atoms with Crippen molar-refractivity contribution in [3.63, 3.8) is 0 Å². The molecular weight excluding hydrogens is 386 g/mol. The first-order chi connectivity index (χ1) is 14.7. The van der Waals surface area contributed by atoms with E-state index in [1.807, 2.05) is 20.8 Å². The summed E-state index contributed by atoms with van der Waals surface area (Å²) >= 11 is 0. The Balaban J connectivity index is 1.09. The molecule has 2 saturated heterocycles. The van der Waals surface area contributed by atoms with Gasteiger partial charge in [-0.05, 0) is 114 Å². The average Bonchev–Trinajstić information content (AvgIpc) is 2.86. The predicted octanol–water partition coefficient (Wildman–Crippen LogP) is 3.87. The molecular formula is C26H43N3O2. The molecule has 3 atom stereocenters. The predicted molar refractivity (Wildman–Crippen MR) is 122 cm³/mol. The molecule has 2 amide bonds. The van der Waals surface area contributed by atoms with E-state index >= 15 is 0 Å². The Morgan fingerprint density at radius 1 is 0.871 bits per heavy atom. The van der Waals surface area contributed by atoms with E-state index in [9.17, 15) is 9.59 Å². The first-order valence-corrected chi connectivity index (χ1v) is 13.0. The molecule has 174 valence electrons. The van der Waals surface area contributed by atoms with Crippen LogP contribution in [0.1, 0.15) is 91.4 Å².